The van der Waals surface area contributed by atoms with Crippen LogP contribution in [0.1, 0.15) is 27.2 Å². The minimum absolute atomic E-state index is 0.236. The van der Waals surface area contributed by atoms with Gasteiger partial charge in [-0.25, -0.2) is 4.79 Å². The van der Waals surface area contributed by atoms with Gasteiger partial charge in [0.1, 0.15) is 19.9 Å². The molecule has 1 aliphatic heterocycles. The maximum absolute atomic E-state index is 15.3. The SMILES string of the molecule is CC(C)(C)OC(=O)N1CC(P(=O)(c2ccccc2)c2ccccc2)CC1CP(=O)(c1ccccc1)c1ccccc1. The molecule has 212 valence electrons. The highest BCUT2D eigenvalue weighted by Crippen LogP contribution is 2.55. The standard InChI is InChI=1S/C34H37NO4P2/c1-34(2,3)39-33(36)35-25-32(41(38,30-20-12-6-13-21-30)31-22-14-7-15-23-31)24-27(35)26-40(37,28-16-8-4-9-17-28)29-18-10-5-11-19-29/h4-23,27,32H,24-26H2,1-3H3. The summed E-state index contributed by atoms with van der Waals surface area (Å²) in [5.41, 5.74) is -1.06. The fourth-order valence-corrected chi connectivity index (χ4v) is 12.0. The van der Waals surface area contributed by atoms with Crippen LogP contribution in [0.25, 0.3) is 0 Å². The number of carbonyl (C=O) groups is 1. The fraction of sp³-hybridized carbons (Fsp3) is 0.265. The second kappa shape index (κ2) is 11.8. The molecule has 0 aromatic heterocycles. The molecule has 4 aromatic carbocycles. The van der Waals surface area contributed by atoms with Crippen molar-refractivity contribution in [2.45, 2.75) is 44.5 Å². The molecule has 0 aliphatic carbocycles. The molecule has 4 aromatic rings. The largest absolute Gasteiger partial charge is 0.444 e. The molecule has 1 fully saturated rings. The number of amides is 1. The molecule has 2 unspecified atom stereocenters. The van der Waals surface area contributed by atoms with Crippen LogP contribution in [-0.4, -0.2) is 41.0 Å². The molecular weight excluding hydrogens is 548 g/mol. The lowest BCUT2D eigenvalue weighted by Gasteiger charge is -2.31. The van der Waals surface area contributed by atoms with Crippen molar-refractivity contribution in [2.24, 2.45) is 0 Å². The quantitative estimate of drug-likeness (QED) is 0.236. The first kappa shape index (κ1) is 29.1. The summed E-state index contributed by atoms with van der Waals surface area (Å²) in [5.74, 6) is 0. The lowest BCUT2D eigenvalue weighted by molar-refractivity contribution is 0.0241. The summed E-state index contributed by atoms with van der Waals surface area (Å²) < 4.78 is 36.2. The number of hydrogen-bond acceptors (Lipinski definition) is 4. The van der Waals surface area contributed by atoms with E-state index in [2.05, 4.69) is 0 Å². The van der Waals surface area contributed by atoms with E-state index in [-0.39, 0.29) is 18.4 Å². The lowest BCUT2D eigenvalue weighted by Crippen LogP contribution is -2.42. The van der Waals surface area contributed by atoms with Crippen LogP contribution >= 0.6 is 14.3 Å². The average molecular weight is 586 g/mol. The number of nitrogens with zero attached hydrogens (tertiary/aromatic N) is 1. The molecule has 41 heavy (non-hydrogen) atoms. The summed E-state index contributed by atoms with van der Waals surface area (Å²) in [4.78, 5) is 15.4. The molecule has 1 saturated heterocycles. The normalized spacial score (nSPS) is 17.8. The monoisotopic (exact) mass is 585 g/mol. The van der Waals surface area contributed by atoms with Gasteiger partial charge in [-0.3, -0.25) is 0 Å². The van der Waals surface area contributed by atoms with Gasteiger partial charge in [0.2, 0.25) is 0 Å². The van der Waals surface area contributed by atoms with E-state index in [0.29, 0.717) is 6.42 Å². The van der Waals surface area contributed by atoms with Gasteiger partial charge in [0, 0.05) is 45.6 Å². The summed E-state index contributed by atoms with van der Waals surface area (Å²) in [6.07, 6.45) is 0.218. The van der Waals surface area contributed by atoms with Gasteiger partial charge in [0.25, 0.3) is 0 Å². The molecule has 0 saturated carbocycles. The van der Waals surface area contributed by atoms with E-state index in [1.807, 2.05) is 142 Å². The summed E-state index contributed by atoms with van der Waals surface area (Å²) >= 11 is 0. The van der Waals surface area contributed by atoms with Gasteiger partial charge in [0.15, 0.2) is 0 Å². The van der Waals surface area contributed by atoms with Crippen molar-refractivity contribution in [3.63, 3.8) is 0 Å². The van der Waals surface area contributed by atoms with Crippen LogP contribution in [0.15, 0.2) is 121 Å². The Morgan fingerprint density at radius 1 is 0.707 bits per heavy atom. The molecule has 1 aliphatic rings. The third-order valence-electron chi connectivity index (χ3n) is 7.63. The Morgan fingerprint density at radius 3 is 1.49 bits per heavy atom. The summed E-state index contributed by atoms with van der Waals surface area (Å²) in [6, 6.07) is 37.7. The van der Waals surface area contributed by atoms with Crippen LogP contribution in [0.4, 0.5) is 4.79 Å². The lowest BCUT2D eigenvalue weighted by atomic mass is 10.2. The van der Waals surface area contributed by atoms with Crippen LogP contribution < -0.4 is 21.2 Å². The molecular formula is C34H37NO4P2. The number of carbonyl (C=O) groups excluding carboxylic acids is 1. The highest BCUT2D eigenvalue weighted by molar-refractivity contribution is 7.79. The minimum Gasteiger partial charge on any atom is -0.444 e. The molecule has 1 heterocycles. The van der Waals surface area contributed by atoms with Crippen molar-refractivity contribution in [1.82, 2.24) is 4.90 Å². The molecule has 2 atom stereocenters. The maximum Gasteiger partial charge on any atom is 0.410 e. The Labute approximate surface area is 243 Å². The molecule has 5 nitrogen and oxygen atoms in total. The van der Waals surface area contributed by atoms with Gasteiger partial charge in [-0.15, -0.1) is 0 Å². The van der Waals surface area contributed by atoms with Gasteiger partial charge in [-0.1, -0.05) is 121 Å². The third-order valence-corrected chi connectivity index (χ3v) is 14.4. The first-order valence-electron chi connectivity index (χ1n) is 14.0. The first-order chi connectivity index (χ1) is 19.6. The first-order valence-corrected chi connectivity index (χ1v) is 17.7. The molecule has 0 spiro atoms. The van der Waals surface area contributed by atoms with Crippen LogP contribution in [0.3, 0.4) is 0 Å². The van der Waals surface area contributed by atoms with Crippen LogP contribution in [0.2, 0.25) is 0 Å². The molecule has 7 heteroatoms. The number of hydrogen-bond donors (Lipinski definition) is 0. The minimum atomic E-state index is -3.19. The number of benzene rings is 4. The van der Waals surface area contributed by atoms with Gasteiger partial charge in [-0.2, -0.15) is 0 Å². The Hall–Kier alpha value is -3.39. The molecule has 5 rings (SSSR count). The number of likely N-dealkylation sites (tertiary alicyclic amines) is 1. The summed E-state index contributed by atoms with van der Waals surface area (Å²) in [5, 5.41) is 3.01. The van der Waals surface area contributed by atoms with Crippen molar-refractivity contribution in [2.75, 3.05) is 12.7 Å². The Morgan fingerprint density at radius 2 is 1.10 bits per heavy atom. The zero-order valence-electron chi connectivity index (χ0n) is 23.8. The molecule has 0 radical (unpaired) electrons. The zero-order chi connectivity index (χ0) is 29.1. The predicted molar refractivity (Wildman–Crippen MR) is 170 cm³/mol. The Bertz CT molecular complexity index is 1470. The van der Waals surface area contributed by atoms with Crippen molar-refractivity contribution < 1.29 is 18.7 Å². The van der Waals surface area contributed by atoms with Crippen LogP contribution in [0.5, 0.6) is 0 Å². The highest BCUT2D eigenvalue weighted by Gasteiger charge is 2.49. The third kappa shape index (κ3) is 6.13. The van der Waals surface area contributed by atoms with E-state index in [4.69, 9.17) is 4.74 Å². The second-order valence-corrected chi connectivity index (χ2v) is 17.6. The van der Waals surface area contributed by atoms with E-state index >= 15 is 9.13 Å². The van der Waals surface area contributed by atoms with E-state index in [0.717, 1.165) is 21.2 Å². The number of ether oxygens (including phenoxy) is 1. The number of rotatable bonds is 7. The van der Waals surface area contributed by atoms with Crippen molar-refractivity contribution in [1.29, 1.82) is 0 Å². The fourth-order valence-electron chi connectivity index (χ4n) is 5.74. The van der Waals surface area contributed by atoms with Crippen molar-refractivity contribution in [3.05, 3.63) is 121 Å². The predicted octanol–water partition coefficient (Wildman–Crippen LogP) is 6.39. The summed E-state index contributed by atoms with van der Waals surface area (Å²) in [7, 11) is -6.35. The highest BCUT2D eigenvalue weighted by atomic mass is 31.2. The van der Waals surface area contributed by atoms with Gasteiger partial charge >= 0.3 is 6.09 Å². The molecule has 0 bridgehead atoms. The average Bonchev–Trinajstić information content (AvgIpc) is 3.42. The van der Waals surface area contributed by atoms with Crippen molar-refractivity contribution >= 4 is 41.6 Å². The summed E-state index contributed by atoms with van der Waals surface area (Å²) in [6.45, 7) is 5.77. The van der Waals surface area contributed by atoms with Gasteiger partial charge in [-0.05, 0) is 27.2 Å². The van der Waals surface area contributed by atoms with Gasteiger partial charge in [0.05, 0.1) is 0 Å². The molecule has 1 amide bonds. The molecule has 0 N–H and O–H groups in total. The van der Waals surface area contributed by atoms with E-state index in [9.17, 15) is 4.79 Å². The van der Waals surface area contributed by atoms with Crippen LogP contribution in [0, 0.1) is 0 Å². The smallest absolute Gasteiger partial charge is 0.410 e. The van der Waals surface area contributed by atoms with E-state index in [1.54, 1.807) is 4.90 Å². The van der Waals surface area contributed by atoms with Crippen LogP contribution in [-0.2, 0) is 13.9 Å². The second-order valence-electron chi connectivity index (χ2n) is 11.6. The maximum atomic E-state index is 15.3. The topological polar surface area (TPSA) is 63.7 Å². The van der Waals surface area contributed by atoms with Gasteiger partial charge < -0.3 is 18.8 Å². The Balaban J connectivity index is 1.60. The van der Waals surface area contributed by atoms with Crippen molar-refractivity contribution in [3.8, 4) is 0 Å². The zero-order valence-corrected chi connectivity index (χ0v) is 25.6. The Kier molecular flexibility index (Phi) is 8.41. The van der Waals surface area contributed by atoms with E-state index in [1.165, 1.54) is 0 Å². The van der Waals surface area contributed by atoms with E-state index < -0.39 is 32.0 Å².